The summed E-state index contributed by atoms with van der Waals surface area (Å²) in [5, 5.41) is 15.6. The van der Waals surface area contributed by atoms with Crippen LogP contribution >= 0.6 is 11.6 Å². The first kappa shape index (κ1) is 30.4. The zero-order valence-corrected chi connectivity index (χ0v) is 24.3. The molecule has 41 heavy (non-hydrogen) atoms. The molecule has 218 valence electrons. The smallest absolute Gasteiger partial charge is 0.406 e. The number of methoxy groups -OCH3 is 1. The third-order valence-corrected chi connectivity index (χ3v) is 7.95. The number of amides is 2. The lowest BCUT2D eigenvalue weighted by molar-refractivity contribution is -0.0578. The Morgan fingerprint density at radius 1 is 1.15 bits per heavy atom. The molecule has 1 aliphatic heterocycles. The molecule has 4 rings (SSSR count). The van der Waals surface area contributed by atoms with Crippen molar-refractivity contribution in [2.75, 3.05) is 26.7 Å². The van der Waals surface area contributed by atoms with E-state index in [-0.39, 0.29) is 11.8 Å². The topological polar surface area (TPSA) is 114 Å². The number of nitrogens with two attached hydrogens (primary N) is 1. The summed E-state index contributed by atoms with van der Waals surface area (Å²) in [5.74, 6) is 0.592. The van der Waals surface area contributed by atoms with Crippen molar-refractivity contribution in [3.63, 3.8) is 0 Å². The van der Waals surface area contributed by atoms with Crippen LogP contribution in [0.2, 0.25) is 5.02 Å². The molecular weight excluding hydrogens is 542 g/mol. The van der Waals surface area contributed by atoms with E-state index in [0.717, 1.165) is 17.5 Å². The van der Waals surface area contributed by atoms with E-state index in [0.29, 0.717) is 73.1 Å². The number of piperidine rings is 1. The van der Waals surface area contributed by atoms with Crippen molar-refractivity contribution in [2.24, 2.45) is 11.7 Å². The molecular formula is C32H38ClN3O5. The van der Waals surface area contributed by atoms with E-state index in [9.17, 15) is 14.7 Å². The molecule has 1 heterocycles. The predicted octanol–water partition coefficient (Wildman–Crippen LogP) is 5.78. The van der Waals surface area contributed by atoms with Crippen LogP contribution in [0.15, 0.2) is 66.7 Å². The highest BCUT2D eigenvalue weighted by molar-refractivity contribution is 6.32. The Balaban J connectivity index is 1.66. The molecule has 0 bridgehead atoms. The first-order chi connectivity index (χ1) is 19.7. The molecule has 0 spiro atoms. The zero-order valence-electron chi connectivity index (χ0n) is 23.6. The largest absolute Gasteiger partial charge is 0.455 e. The molecule has 0 radical (unpaired) electrons. The van der Waals surface area contributed by atoms with Gasteiger partial charge in [-0.1, -0.05) is 48.0 Å². The maximum Gasteiger partial charge on any atom is 0.406 e. The highest BCUT2D eigenvalue weighted by Gasteiger charge is 2.43. The number of aliphatic hydroxyl groups is 1. The third-order valence-electron chi connectivity index (χ3n) is 7.65. The Morgan fingerprint density at radius 3 is 2.61 bits per heavy atom. The summed E-state index contributed by atoms with van der Waals surface area (Å²) in [6, 6.07) is 20.3. The van der Waals surface area contributed by atoms with Crippen LogP contribution < -0.4 is 15.8 Å². The fourth-order valence-electron chi connectivity index (χ4n) is 5.45. The minimum absolute atomic E-state index is 0.0877. The molecule has 0 aliphatic carbocycles. The van der Waals surface area contributed by atoms with Gasteiger partial charge in [-0.3, -0.25) is 4.79 Å². The van der Waals surface area contributed by atoms with E-state index in [1.807, 2.05) is 49.4 Å². The standard InChI is InChI=1S/C32H38ClN3O5/c1-22-7-3-9-26(19-22)41-29-27(10-4-11-28(29)33)32(39,16-6-17-35-31(38)40-2)25-8-5-18-36(21-25)30(37)24-14-12-23(20-34)13-15-24/h3-4,7,9-15,19,25,39H,5-6,8,16-18,20-21,34H2,1-2H3,(H,35,38)/t25-,32+/m1/s1. The fourth-order valence-corrected chi connectivity index (χ4v) is 5.66. The first-order valence-corrected chi connectivity index (χ1v) is 14.3. The van der Waals surface area contributed by atoms with Gasteiger partial charge in [0, 0.05) is 43.2 Å². The van der Waals surface area contributed by atoms with Gasteiger partial charge >= 0.3 is 6.09 Å². The number of ether oxygens (including phenoxy) is 2. The average molecular weight is 580 g/mol. The molecule has 1 saturated heterocycles. The highest BCUT2D eigenvalue weighted by Crippen LogP contribution is 2.46. The second-order valence-corrected chi connectivity index (χ2v) is 10.9. The summed E-state index contributed by atoms with van der Waals surface area (Å²) in [6.07, 6.45) is 1.67. The minimum Gasteiger partial charge on any atom is -0.455 e. The van der Waals surface area contributed by atoms with Gasteiger partial charge in [0.2, 0.25) is 0 Å². The van der Waals surface area contributed by atoms with Gasteiger partial charge in [-0.15, -0.1) is 0 Å². The summed E-state index contributed by atoms with van der Waals surface area (Å²) < 4.78 is 11.0. The number of hydrogen-bond donors (Lipinski definition) is 3. The number of para-hydroxylation sites is 1. The maximum absolute atomic E-state index is 13.5. The normalized spacial score (nSPS) is 16.5. The van der Waals surface area contributed by atoms with Crippen LogP contribution in [0, 0.1) is 12.8 Å². The molecule has 1 fully saturated rings. The summed E-state index contributed by atoms with van der Waals surface area (Å²) >= 11 is 6.69. The van der Waals surface area contributed by atoms with Crippen molar-refractivity contribution >= 4 is 23.6 Å². The Labute approximate surface area is 246 Å². The molecule has 8 nitrogen and oxygen atoms in total. The van der Waals surface area contributed by atoms with Crippen molar-refractivity contribution in [3.8, 4) is 11.5 Å². The van der Waals surface area contributed by atoms with E-state index in [1.54, 1.807) is 29.2 Å². The Morgan fingerprint density at radius 2 is 1.90 bits per heavy atom. The fraction of sp³-hybridized carbons (Fsp3) is 0.375. The number of halogens is 1. The Kier molecular flexibility index (Phi) is 10.3. The second-order valence-electron chi connectivity index (χ2n) is 10.5. The number of aryl methyl sites for hydroxylation is 1. The number of carbonyl (C=O) groups is 2. The predicted molar refractivity (Wildman–Crippen MR) is 159 cm³/mol. The number of carbonyl (C=O) groups excluding carboxylic acids is 2. The molecule has 0 saturated carbocycles. The number of nitrogens with one attached hydrogen (secondary N) is 1. The molecule has 2 atom stereocenters. The molecule has 4 N–H and O–H groups in total. The number of likely N-dealkylation sites (tertiary alicyclic amines) is 1. The zero-order chi connectivity index (χ0) is 29.4. The van der Waals surface area contributed by atoms with E-state index in [2.05, 4.69) is 5.32 Å². The Bertz CT molecular complexity index is 1350. The minimum atomic E-state index is -1.40. The second kappa shape index (κ2) is 13.9. The third kappa shape index (κ3) is 7.38. The van der Waals surface area contributed by atoms with Crippen LogP contribution in [0.1, 0.15) is 52.7 Å². The van der Waals surface area contributed by atoms with E-state index >= 15 is 0 Å². The lowest BCUT2D eigenvalue weighted by Gasteiger charge is -2.43. The van der Waals surface area contributed by atoms with Crippen molar-refractivity contribution in [2.45, 2.75) is 44.8 Å². The van der Waals surface area contributed by atoms with Crippen LogP contribution in [0.5, 0.6) is 11.5 Å². The number of alkyl carbamates (subject to hydrolysis) is 1. The van der Waals surface area contributed by atoms with Gasteiger partial charge in [-0.25, -0.2) is 4.79 Å². The van der Waals surface area contributed by atoms with Gasteiger partial charge < -0.3 is 30.5 Å². The van der Waals surface area contributed by atoms with Crippen LogP contribution in [0.4, 0.5) is 4.79 Å². The number of nitrogens with zero attached hydrogens (tertiary/aromatic N) is 1. The maximum atomic E-state index is 13.5. The molecule has 3 aromatic carbocycles. The Hall–Kier alpha value is -3.59. The van der Waals surface area contributed by atoms with E-state index in [4.69, 9.17) is 26.8 Å². The molecule has 3 aromatic rings. The highest BCUT2D eigenvalue weighted by atomic mass is 35.5. The number of rotatable bonds is 10. The first-order valence-electron chi connectivity index (χ1n) is 13.9. The molecule has 2 amide bonds. The van der Waals surface area contributed by atoms with Crippen LogP contribution in [0.25, 0.3) is 0 Å². The monoisotopic (exact) mass is 579 g/mol. The molecule has 9 heteroatoms. The lowest BCUT2D eigenvalue weighted by atomic mass is 9.73. The average Bonchev–Trinajstić information content (AvgIpc) is 2.99. The molecule has 0 aromatic heterocycles. The number of benzene rings is 3. The van der Waals surface area contributed by atoms with Crippen LogP contribution in [-0.2, 0) is 16.9 Å². The van der Waals surface area contributed by atoms with Gasteiger partial charge in [0.15, 0.2) is 5.75 Å². The van der Waals surface area contributed by atoms with Crippen molar-refractivity contribution in [3.05, 3.63) is 94.0 Å². The summed E-state index contributed by atoms with van der Waals surface area (Å²) in [6.45, 7) is 3.64. The van der Waals surface area contributed by atoms with Crippen molar-refractivity contribution < 1.29 is 24.2 Å². The quantitative estimate of drug-likeness (QED) is 0.263. The SMILES string of the molecule is COC(=O)NCCC[C@@](O)(c1cccc(Cl)c1Oc1cccc(C)c1)[C@@H]1CCCN(C(=O)c2ccc(CN)cc2)C1. The van der Waals surface area contributed by atoms with Crippen LogP contribution in [-0.4, -0.2) is 48.8 Å². The lowest BCUT2D eigenvalue weighted by Crippen LogP contribution is -2.48. The summed E-state index contributed by atoms with van der Waals surface area (Å²) in [4.78, 5) is 26.9. The van der Waals surface area contributed by atoms with Gasteiger partial charge in [-0.05, 0) is 74.1 Å². The van der Waals surface area contributed by atoms with E-state index in [1.165, 1.54) is 7.11 Å². The summed E-state index contributed by atoms with van der Waals surface area (Å²) in [5.41, 5.74) is 7.44. The van der Waals surface area contributed by atoms with Gasteiger partial charge in [0.05, 0.1) is 17.7 Å². The van der Waals surface area contributed by atoms with E-state index < -0.39 is 11.7 Å². The number of hydrogen-bond acceptors (Lipinski definition) is 6. The molecule has 1 aliphatic rings. The van der Waals surface area contributed by atoms with Gasteiger partial charge in [0.25, 0.3) is 5.91 Å². The molecule has 0 unspecified atom stereocenters. The van der Waals surface area contributed by atoms with Crippen LogP contribution in [0.3, 0.4) is 0 Å². The summed E-state index contributed by atoms with van der Waals surface area (Å²) in [7, 11) is 1.31. The van der Waals surface area contributed by atoms with Gasteiger partial charge in [-0.2, -0.15) is 0 Å². The van der Waals surface area contributed by atoms with Gasteiger partial charge in [0.1, 0.15) is 5.75 Å². The van der Waals surface area contributed by atoms with Crippen molar-refractivity contribution in [1.82, 2.24) is 10.2 Å². The van der Waals surface area contributed by atoms with Crippen molar-refractivity contribution in [1.29, 1.82) is 0 Å².